The van der Waals surface area contributed by atoms with Gasteiger partial charge in [-0.1, -0.05) is 12.1 Å². The van der Waals surface area contributed by atoms with Crippen molar-refractivity contribution in [1.82, 2.24) is 4.98 Å². The fourth-order valence-corrected chi connectivity index (χ4v) is 3.13. The van der Waals surface area contributed by atoms with Crippen LogP contribution in [0.4, 0.5) is 4.39 Å². The van der Waals surface area contributed by atoms with Crippen LogP contribution in [0.15, 0.2) is 53.9 Å². The number of para-hydroxylation sites is 1. The zero-order chi connectivity index (χ0) is 18.4. The van der Waals surface area contributed by atoms with Gasteiger partial charge in [0, 0.05) is 5.38 Å². The van der Waals surface area contributed by atoms with Crippen molar-refractivity contribution in [2.24, 2.45) is 0 Å². The van der Waals surface area contributed by atoms with Crippen LogP contribution in [0.5, 0.6) is 11.5 Å². The maximum absolute atomic E-state index is 12.9. The maximum atomic E-state index is 12.9. The molecule has 5 nitrogen and oxygen atoms in total. The average Bonchev–Trinajstić information content (AvgIpc) is 3.08. The molecule has 0 radical (unpaired) electrons. The average molecular weight is 373 g/mol. The van der Waals surface area contributed by atoms with Gasteiger partial charge in [0.2, 0.25) is 0 Å². The van der Waals surface area contributed by atoms with Gasteiger partial charge >= 0.3 is 5.97 Å². The number of hydrogen-bond donors (Lipinski definition) is 1. The van der Waals surface area contributed by atoms with Crippen LogP contribution in [-0.4, -0.2) is 29.3 Å². The number of rotatable bonds is 8. The Morgan fingerprint density at radius 1 is 1.08 bits per heavy atom. The Hall–Kier alpha value is -2.93. The third-order valence-corrected chi connectivity index (χ3v) is 4.35. The molecule has 0 bridgehead atoms. The highest BCUT2D eigenvalue weighted by Gasteiger charge is 2.12. The summed E-state index contributed by atoms with van der Waals surface area (Å²) >= 11 is 1.38. The zero-order valence-electron chi connectivity index (χ0n) is 13.7. The monoisotopic (exact) mass is 373 g/mol. The molecular formula is C19H16FNO4S. The maximum Gasteiger partial charge on any atom is 0.309 e. The van der Waals surface area contributed by atoms with E-state index in [0.29, 0.717) is 35.4 Å². The highest BCUT2D eigenvalue weighted by Crippen LogP contribution is 2.32. The number of thiazole rings is 1. The van der Waals surface area contributed by atoms with Gasteiger partial charge in [-0.05, 0) is 36.4 Å². The molecule has 0 fully saturated rings. The molecule has 0 aliphatic heterocycles. The molecule has 0 saturated carbocycles. The van der Waals surface area contributed by atoms with Crippen molar-refractivity contribution in [2.45, 2.75) is 6.42 Å². The first-order chi connectivity index (χ1) is 12.6. The standard InChI is InChI=1S/C19H16FNO4S/c20-13-5-7-15(8-6-13)24-9-10-25-17-4-2-1-3-16(17)19-21-14(12-26-19)11-18(22)23/h1-8,12H,9-11H2,(H,22,23). The quantitative estimate of drug-likeness (QED) is 0.604. The molecule has 0 amide bonds. The lowest BCUT2D eigenvalue weighted by Gasteiger charge is -2.11. The summed E-state index contributed by atoms with van der Waals surface area (Å²) in [4.78, 5) is 15.2. The van der Waals surface area contributed by atoms with Gasteiger partial charge in [-0.25, -0.2) is 9.37 Å². The first-order valence-electron chi connectivity index (χ1n) is 7.88. The largest absolute Gasteiger partial charge is 0.490 e. The van der Waals surface area contributed by atoms with E-state index in [-0.39, 0.29) is 12.2 Å². The normalized spacial score (nSPS) is 10.5. The number of carboxylic acids is 1. The molecular weight excluding hydrogens is 357 g/mol. The van der Waals surface area contributed by atoms with Gasteiger partial charge in [0.05, 0.1) is 17.7 Å². The van der Waals surface area contributed by atoms with E-state index in [4.69, 9.17) is 14.6 Å². The van der Waals surface area contributed by atoms with Crippen LogP contribution in [0.3, 0.4) is 0 Å². The van der Waals surface area contributed by atoms with Crippen molar-refractivity contribution in [3.63, 3.8) is 0 Å². The summed E-state index contributed by atoms with van der Waals surface area (Å²) in [7, 11) is 0. The van der Waals surface area contributed by atoms with Crippen molar-refractivity contribution in [3.8, 4) is 22.1 Å². The first-order valence-corrected chi connectivity index (χ1v) is 8.76. The van der Waals surface area contributed by atoms with Crippen molar-refractivity contribution in [2.75, 3.05) is 13.2 Å². The lowest BCUT2D eigenvalue weighted by atomic mass is 10.2. The van der Waals surface area contributed by atoms with Gasteiger partial charge in [0.1, 0.15) is 35.5 Å². The van der Waals surface area contributed by atoms with Crippen LogP contribution in [0.2, 0.25) is 0 Å². The molecule has 0 aliphatic rings. The Labute approximate surface area is 153 Å². The number of nitrogens with zero attached hydrogens (tertiary/aromatic N) is 1. The summed E-state index contributed by atoms with van der Waals surface area (Å²) < 4.78 is 24.1. The predicted molar refractivity (Wildman–Crippen MR) is 96.3 cm³/mol. The highest BCUT2D eigenvalue weighted by molar-refractivity contribution is 7.13. The second kappa shape index (κ2) is 8.44. The number of ether oxygens (including phenoxy) is 2. The van der Waals surface area contributed by atoms with Gasteiger partial charge in [0.15, 0.2) is 0 Å². The SMILES string of the molecule is O=C(O)Cc1csc(-c2ccccc2OCCOc2ccc(F)cc2)n1. The van der Waals surface area contributed by atoms with E-state index in [0.717, 1.165) is 5.56 Å². The lowest BCUT2D eigenvalue weighted by molar-refractivity contribution is -0.136. The van der Waals surface area contributed by atoms with E-state index in [1.807, 2.05) is 24.3 Å². The molecule has 2 aromatic carbocycles. The van der Waals surface area contributed by atoms with Crippen LogP contribution in [0.25, 0.3) is 10.6 Å². The van der Waals surface area contributed by atoms with Crippen molar-refractivity contribution >= 4 is 17.3 Å². The fraction of sp³-hybridized carbons (Fsp3) is 0.158. The predicted octanol–water partition coefficient (Wildman–Crippen LogP) is 4.03. The van der Waals surface area contributed by atoms with Crippen molar-refractivity contribution in [1.29, 1.82) is 0 Å². The molecule has 134 valence electrons. The van der Waals surface area contributed by atoms with E-state index < -0.39 is 5.97 Å². The molecule has 1 N–H and O–H groups in total. The fourth-order valence-electron chi connectivity index (χ4n) is 2.28. The van der Waals surface area contributed by atoms with E-state index in [1.165, 1.54) is 23.5 Å². The number of benzene rings is 2. The van der Waals surface area contributed by atoms with Gasteiger partial charge in [-0.3, -0.25) is 4.79 Å². The minimum absolute atomic E-state index is 0.106. The molecule has 3 aromatic rings. The van der Waals surface area contributed by atoms with Crippen LogP contribution >= 0.6 is 11.3 Å². The molecule has 1 heterocycles. The summed E-state index contributed by atoms with van der Waals surface area (Å²) in [5.74, 6) is -0.00878. The Bertz CT molecular complexity index is 879. The Kier molecular flexibility index (Phi) is 5.80. The van der Waals surface area contributed by atoms with Crippen molar-refractivity contribution < 1.29 is 23.8 Å². The molecule has 0 aliphatic carbocycles. The Balaban J connectivity index is 1.61. The van der Waals surface area contributed by atoms with Crippen LogP contribution in [0.1, 0.15) is 5.69 Å². The molecule has 0 saturated heterocycles. The summed E-state index contributed by atoms with van der Waals surface area (Å²) in [5.41, 5.74) is 1.32. The number of hydrogen-bond acceptors (Lipinski definition) is 5. The summed E-state index contributed by atoms with van der Waals surface area (Å²) in [6, 6.07) is 13.2. The third kappa shape index (κ3) is 4.80. The number of aromatic nitrogens is 1. The van der Waals surface area contributed by atoms with Crippen molar-refractivity contribution in [3.05, 3.63) is 65.4 Å². The smallest absolute Gasteiger partial charge is 0.309 e. The molecule has 0 spiro atoms. The molecule has 26 heavy (non-hydrogen) atoms. The molecule has 1 aromatic heterocycles. The minimum Gasteiger partial charge on any atom is -0.490 e. The van der Waals surface area contributed by atoms with Gasteiger partial charge in [-0.15, -0.1) is 11.3 Å². The van der Waals surface area contributed by atoms with E-state index in [1.54, 1.807) is 17.5 Å². The number of carbonyl (C=O) groups is 1. The van der Waals surface area contributed by atoms with E-state index >= 15 is 0 Å². The summed E-state index contributed by atoms with van der Waals surface area (Å²) in [5, 5.41) is 11.3. The minimum atomic E-state index is -0.913. The number of halogens is 1. The molecule has 0 unspecified atom stereocenters. The first kappa shape index (κ1) is 17.9. The van der Waals surface area contributed by atoms with Gasteiger partial charge in [0.25, 0.3) is 0 Å². The topological polar surface area (TPSA) is 68.7 Å². The molecule has 0 atom stereocenters. The Morgan fingerprint density at radius 3 is 2.58 bits per heavy atom. The van der Waals surface area contributed by atoms with Gasteiger partial charge < -0.3 is 14.6 Å². The van der Waals surface area contributed by atoms with Crippen LogP contribution in [-0.2, 0) is 11.2 Å². The number of aliphatic carboxylic acids is 1. The second-order valence-corrected chi connectivity index (χ2v) is 6.22. The molecule has 3 rings (SSSR count). The second-order valence-electron chi connectivity index (χ2n) is 5.36. The van der Waals surface area contributed by atoms with Crippen LogP contribution in [0, 0.1) is 5.82 Å². The summed E-state index contributed by atoms with van der Waals surface area (Å²) in [6.45, 7) is 0.615. The summed E-state index contributed by atoms with van der Waals surface area (Å²) in [6.07, 6.45) is -0.106. The third-order valence-electron chi connectivity index (χ3n) is 3.42. The lowest BCUT2D eigenvalue weighted by Crippen LogP contribution is -2.09. The Morgan fingerprint density at radius 2 is 1.81 bits per heavy atom. The zero-order valence-corrected chi connectivity index (χ0v) is 14.5. The van der Waals surface area contributed by atoms with E-state index in [9.17, 15) is 9.18 Å². The van der Waals surface area contributed by atoms with Gasteiger partial charge in [-0.2, -0.15) is 0 Å². The molecule has 7 heteroatoms. The number of carboxylic acid groups (broad SMARTS) is 1. The van der Waals surface area contributed by atoms with E-state index in [2.05, 4.69) is 4.98 Å². The van der Waals surface area contributed by atoms with Crippen LogP contribution < -0.4 is 9.47 Å². The highest BCUT2D eigenvalue weighted by atomic mass is 32.1.